The van der Waals surface area contributed by atoms with Crippen LogP contribution in [-0.2, 0) is 16.0 Å². The second kappa shape index (κ2) is 9.27. The summed E-state index contributed by atoms with van der Waals surface area (Å²) >= 11 is 2.17. The zero-order chi connectivity index (χ0) is 17.4. The minimum atomic E-state index is -0.340. The lowest BCUT2D eigenvalue weighted by Crippen LogP contribution is -2.35. The zero-order valence-corrected chi connectivity index (χ0v) is 15.5. The molecule has 0 unspecified atom stereocenters. The van der Waals surface area contributed by atoms with E-state index < -0.39 is 0 Å². The molecule has 0 aromatic heterocycles. The number of ether oxygens (including phenoxy) is 1. The van der Waals surface area contributed by atoms with Crippen LogP contribution in [0.25, 0.3) is 0 Å². The van der Waals surface area contributed by atoms with Gasteiger partial charge in [-0.1, -0.05) is 31.2 Å². The largest absolute Gasteiger partial charge is 0.484 e. The van der Waals surface area contributed by atoms with Crippen LogP contribution < -0.4 is 15.4 Å². The summed E-state index contributed by atoms with van der Waals surface area (Å²) in [5, 5.41) is 5.35. The number of halogens is 1. The minimum absolute atomic E-state index is 0.0907. The molecule has 0 aliphatic carbocycles. The van der Waals surface area contributed by atoms with Crippen molar-refractivity contribution < 1.29 is 14.3 Å². The van der Waals surface area contributed by atoms with Crippen molar-refractivity contribution >= 4 is 40.1 Å². The van der Waals surface area contributed by atoms with Gasteiger partial charge in [-0.05, 0) is 58.8 Å². The second-order valence-electron chi connectivity index (χ2n) is 5.08. The number of benzene rings is 2. The van der Waals surface area contributed by atoms with E-state index in [9.17, 15) is 9.59 Å². The fourth-order valence-electron chi connectivity index (χ4n) is 2.08. The van der Waals surface area contributed by atoms with E-state index in [1.54, 1.807) is 6.07 Å². The van der Waals surface area contributed by atoms with Crippen LogP contribution in [0, 0.1) is 3.57 Å². The molecule has 24 heavy (non-hydrogen) atoms. The van der Waals surface area contributed by atoms with Crippen molar-refractivity contribution in [3.8, 4) is 5.75 Å². The molecule has 2 amide bonds. The number of carbonyl (C=O) groups is 2. The van der Waals surface area contributed by atoms with Gasteiger partial charge in [0.25, 0.3) is 5.91 Å². The summed E-state index contributed by atoms with van der Waals surface area (Å²) in [5.41, 5.74) is 1.83. The maximum Gasteiger partial charge on any atom is 0.258 e. The van der Waals surface area contributed by atoms with E-state index in [1.807, 2.05) is 49.4 Å². The van der Waals surface area contributed by atoms with E-state index in [0.29, 0.717) is 5.75 Å². The maximum absolute atomic E-state index is 11.9. The number of hydrogen-bond acceptors (Lipinski definition) is 3. The molecular weight excluding hydrogens is 419 g/mol. The standard InChI is InChI=1S/C18H19IN2O3/c1-2-13-6-3-4-9-16(13)21-17(22)11-20-18(23)12-24-15-8-5-7-14(19)10-15/h3-10H,2,11-12H2,1H3,(H,20,23)(H,21,22). The van der Waals surface area contributed by atoms with Crippen LogP contribution in [-0.4, -0.2) is 25.0 Å². The summed E-state index contributed by atoms with van der Waals surface area (Å²) in [4.78, 5) is 23.7. The Balaban J connectivity index is 1.76. The summed E-state index contributed by atoms with van der Waals surface area (Å²) in [6.07, 6.45) is 0.826. The molecule has 2 aromatic carbocycles. The quantitative estimate of drug-likeness (QED) is 0.654. The summed E-state index contributed by atoms with van der Waals surface area (Å²) in [6, 6.07) is 15.0. The van der Waals surface area contributed by atoms with Crippen molar-refractivity contribution in [2.75, 3.05) is 18.5 Å². The first-order valence-corrected chi connectivity index (χ1v) is 8.69. The molecule has 2 N–H and O–H groups in total. The molecule has 0 radical (unpaired) electrons. The fourth-order valence-corrected chi connectivity index (χ4v) is 2.60. The third-order valence-electron chi connectivity index (χ3n) is 3.28. The highest BCUT2D eigenvalue weighted by Gasteiger charge is 2.08. The van der Waals surface area contributed by atoms with Crippen LogP contribution in [0.5, 0.6) is 5.75 Å². The molecule has 0 aliphatic heterocycles. The van der Waals surface area contributed by atoms with E-state index in [4.69, 9.17) is 4.74 Å². The van der Waals surface area contributed by atoms with Gasteiger partial charge in [-0.3, -0.25) is 9.59 Å². The monoisotopic (exact) mass is 438 g/mol. The lowest BCUT2D eigenvalue weighted by Gasteiger charge is -2.11. The SMILES string of the molecule is CCc1ccccc1NC(=O)CNC(=O)COc1cccc(I)c1. The Labute approximate surface area is 154 Å². The molecule has 2 aromatic rings. The lowest BCUT2D eigenvalue weighted by molar-refractivity contribution is -0.125. The van der Waals surface area contributed by atoms with Gasteiger partial charge in [0.2, 0.25) is 5.91 Å². The molecule has 0 heterocycles. The average molecular weight is 438 g/mol. The predicted molar refractivity (Wildman–Crippen MR) is 102 cm³/mol. The van der Waals surface area contributed by atoms with Crippen LogP contribution in [0.2, 0.25) is 0 Å². The van der Waals surface area contributed by atoms with Gasteiger partial charge in [0, 0.05) is 9.26 Å². The highest BCUT2D eigenvalue weighted by Crippen LogP contribution is 2.15. The van der Waals surface area contributed by atoms with Crippen LogP contribution in [0.1, 0.15) is 12.5 Å². The molecular formula is C18H19IN2O3. The van der Waals surface area contributed by atoms with Gasteiger partial charge in [0.1, 0.15) is 5.75 Å². The molecule has 0 spiro atoms. The lowest BCUT2D eigenvalue weighted by atomic mass is 10.1. The Hall–Kier alpha value is -2.09. The molecule has 126 valence electrons. The number of aryl methyl sites for hydroxylation is 1. The van der Waals surface area contributed by atoms with Crippen LogP contribution in [0.4, 0.5) is 5.69 Å². The van der Waals surface area contributed by atoms with Gasteiger partial charge in [-0.15, -0.1) is 0 Å². The zero-order valence-electron chi connectivity index (χ0n) is 13.3. The van der Waals surface area contributed by atoms with Crippen LogP contribution >= 0.6 is 22.6 Å². The first kappa shape index (κ1) is 18.3. The van der Waals surface area contributed by atoms with Gasteiger partial charge in [0.15, 0.2) is 6.61 Å². The normalized spacial score (nSPS) is 10.1. The van der Waals surface area contributed by atoms with Crippen molar-refractivity contribution in [2.45, 2.75) is 13.3 Å². The maximum atomic E-state index is 11.9. The molecule has 0 saturated carbocycles. The topological polar surface area (TPSA) is 67.4 Å². The van der Waals surface area contributed by atoms with Gasteiger partial charge in [-0.2, -0.15) is 0 Å². The predicted octanol–water partition coefficient (Wildman–Crippen LogP) is 2.99. The third-order valence-corrected chi connectivity index (χ3v) is 3.96. The summed E-state index contributed by atoms with van der Waals surface area (Å²) in [5.74, 6) is 0.0182. The Kier molecular flexibility index (Phi) is 7.05. The van der Waals surface area contributed by atoms with Crippen molar-refractivity contribution in [1.29, 1.82) is 0 Å². The molecule has 6 heteroatoms. The Morgan fingerprint density at radius 1 is 1.08 bits per heavy atom. The van der Waals surface area contributed by atoms with Gasteiger partial charge < -0.3 is 15.4 Å². The molecule has 0 saturated heterocycles. The van der Waals surface area contributed by atoms with Crippen molar-refractivity contribution in [1.82, 2.24) is 5.32 Å². The number of para-hydroxylation sites is 1. The van der Waals surface area contributed by atoms with Gasteiger partial charge >= 0.3 is 0 Å². The summed E-state index contributed by atoms with van der Waals surface area (Å²) < 4.78 is 6.41. The first-order chi connectivity index (χ1) is 11.6. The summed E-state index contributed by atoms with van der Waals surface area (Å²) in [6.45, 7) is 1.81. The number of amides is 2. The van der Waals surface area contributed by atoms with E-state index in [1.165, 1.54) is 0 Å². The molecule has 2 rings (SSSR count). The van der Waals surface area contributed by atoms with Crippen LogP contribution in [0.3, 0.4) is 0 Å². The van der Waals surface area contributed by atoms with E-state index in [-0.39, 0.29) is 25.0 Å². The Bertz CT molecular complexity index is 719. The number of anilines is 1. The smallest absolute Gasteiger partial charge is 0.258 e. The Morgan fingerprint density at radius 3 is 2.62 bits per heavy atom. The first-order valence-electron chi connectivity index (χ1n) is 7.61. The highest BCUT2D eigenvalue weighted by atomic mass is 127. The number of rotatable bonds is 7. The fraction of sp³-hybridized carbons (Fsp3) is 0.222. The van der Waals surface area contributed by atoms with Crippen LogP contribution in [0.15, 0.2) is 48.5 Å². The average Bonchev–Trinajstić information content (AvgIpc) is 2.58. The highest BCUT2D eigenvalue weighted by molar-refractivity contribution is 14.1. The number of hydrogen-bond donors (Lipinski definition) is 2. The van der Waals surface area contributed by atoms with Crippen molar-refractivity contribution in [3.05, 3.63) is 57.7 Å². The van der Waals surface area contributed by atoms with Gasteiger partial charge in [-0.25, -0.2) is 0 Å². The molecule has 0 aliphatic rings. The minimum Gasteiger partial charge on any atom is -0.484 e. The van der Waals surface area contributed by atoms with Gasteiger partial charge in [0.05, 0.1) is 6.54 Å². The van der Waals surface area contributed by atoms with Crippen molar-refractivity contribution in [2.24, 2.45) is 0 Å². The molecule has 0 fully saturated rings. The Morgan fingerprint density at radius 2 is 1.88 bits per heavy atom. The van der Waals surface area contributed by atoms with E-state index in [2.05, 4.69) is 33.2 Å². The molecule has 0 atom stereocenters. The summed E-state index contributed by atoms with van der Waals surface area (Å²) in [7, 11) is 0. The molecule has 5 nitrogen and oxygen atoms in total. The number of carbonyl (C=O) groups excluding carboxylic acids is 2. The van der Waals surface area contributed by atoms with E-state index in [0.717, 1.165) is 21.2 Å². The van der Waals surface area contributed by atoms with E-state index >= 15 is 0 Å². The van der Waals surface area contributed by atoms with Crippen molar-refractivity contribution in [3.63, 3.8) is 0 Å². The number of nitrogens with one attached hydrogen (secondary N) is 2. The second-order valence-corrected chi connectivity index (χ2v) is 6.33. The third kappa shape index (κ3) is 5.84. The molecule has 0 bridgehead atoms.